The summed E-state index contributed by atoms with van der Waals surface area (Å²) in [6, 6.07) is 11.1. The third-order valence-electron chi connectivity index (χ3n) is 4.46. The summed E-state index contributed by atoms with van der Waals surface area (Å²) in [7, 11) is 5.51. The molecule has 0 radical (unpaired) electrons. The topological polar surface area (TPSA) is 54.9 Å². The lowest BCUT2D eigenvalue weighted by Crippen LogP contribution is -2.39. The second-order valence-electron chi connectivity index (χ2n) is 6.80. The van der Waals surface area contributed by atoms with E-state index >= 15 is 0 Å². The molecule has 0 bridgehead atoms. The minimum Gasteiger partial charge on any atom is -0.493 e. The Hall–Kier alpha value is -2.06. The van der Waals surface area contributed by atoms with Crippen LogP contribution in [0.4, 0.5) is 5.13 Å². The highest BCUT2D eigenvalue weighted by atomic mass is 35.5. The van der Waals surface area contributed by atoms with Gasteiger partial charge in [-0.15, -0.1) is 12.4 Å². The average Bonchev–Trinajstić information content (AvgIpc) is 3.14. The van der Waals surface area contributed by atoms with E-state index in [9.17, 15) is 4.79 Å². The summed E-state index contributed by atoms with van der Waals surface area (Å²) in [4.78, 5) is 21.4. The van der Waals surface area contributed by atoms with Crippen LogP contribution in [0.15, 0.2) is 36.4 Å². The molecule has 0 fully saturated rings. The van der Waals surface area contributed by atoms with Gasteiger partial charge in [-0.3, -0.25) is 9.69 Å². The molecule has 9 heteroatoms. The van der Waals surface area contributed by atoms with Gasteiger partial charge in [-0.1, -0.05) is 35.1 Å². The van der Waals surface area contributed by atoms with E-state index in [2.05, 4.69) is 0 Å². The zero-order chi connectivity index (χ0) is 21.0. The lowest BCUT2D eigenvalue weighted by Gasteiger charge is -2.22. The van der Waals surface area contributed by atoms with E-state index in [0.29, 0.717) is 34.7 Å². The fourth-order valence-electron chi connectivity index (χ4n) is 2.79. The molecule has 3 rings (SSSR count). The second kappa shape index (κ2) is 10.8. The van der Waals surface area contributed by atoms with E-state index in [0.717, 1.165) is 15.8 Å². The van der Waals surface area contributed by atoms with Crippen molar-refractivity contribution < 1.29 is 14.3 Å². The molecule has 0 saturated carbocycles. The summed E-state index contributed by atoms with van der Waals surface area (Å²) in [6.45, 7) is 3.04. The van der Waals surface area contributed by atoms with Crippen LogP contribution >= 0.6 is 35.3 Å². The van der Waals surface area contributed by atoms with Gasteiger partial charge in [0.05, 0.1) is 17.3 Å². The monoisotopic (exact) mass is 469 g/mol. The Balaban J connectivity index is 0.00000320. The van der Waals surface area contributed by atoms with Gasteiger partial charge in [0.1, 0.15) is 0 Å². The number of carbonyl (C=O) groups excluding carboxylic acids is 1. The average molecular weight is 470 g/mol. The molecule has 0 atom stereocenters. The van der Waals surface area contributed by atoms with Gasteiger partial charge in [0.25, 0.3) is 5.91 Å². The number of likely N-dealkylation sites (N-methyl/N-ethyl adjacent to an activating group) is 1. The largest absolute Gasteiger partial charge is 0.493 e. The van der Waals surface area contributed by atoms with Crippen LogP contribution in [0.2, 0.25) is 5.02 Å². The smallest absolute Gasteiger partial charge is 0.266 e. The third-order valence-corrected chi connectivity index (χ3v) is 5.91. The number of rotatable bonds is 8. The van der Waals surface area contributed by atoms with Gasteiger partial charge in [0.2, 0.25) is 0 Å². The number of aromatic nitrogens is 1. The van der Waals surface area contributed by atoms with Crippen molar-refractivity contribution in [2.75, 3.05) is 45.8 Å². The van der Waals surface area contributed by atoms with Gasteiger partial charge in [0, 0.05) is 18.1 Å². The summed E-state index contributed by atoms with van der Waals surface area (Å²) in [5.41, 5.74) is 1.74. The van der Waals surface area contributed by atoms with Gasteiger partial charge in [-0.05, 0) is 50.8 Å². The zero-order valence-electron chi connectivity index (χ0n) is 17.3. The molecule has 0 N–H and O–H groups in total. The number of aryl methyl sites for hydroxylation is 1. The molecule has 1 amide bonds. The number of benzene rings is 2. The van der Waals surface area contributed by atoms with Crippen molar-refractivity contribution in [2.24, 2.45) is 0 Å². The molecule has 1 aromatic heterocycles. The molecule has 6 nitrogen and oxygen atoms in total. The van der Waals surface area contributed by atoms with Crippen molar-refractivity contribution in [1.82, 2.24) is 9.88 Å². The summed E-state index contributed by atoms with van der Waals surface area (Å²) < 4.78 is 12.0. The minimum atomic E-state index is -0.166. The standard InChI is InChI=1S/C21H24ClN3O3S.ClH/c1-14-15(22)9-10-18-20(14)23-21(29-18)25(12-11-24(2)3)19(26)13-28-17-8-6-5-7-16(17)27-4;/h5-10H,11-13H2,1-4H3;1H. The number of amides is 1. The van der Waals surface area contributed by atoms with Crippen LogP contribution in [0.25, 0.3) is 10.2 Å². The predicted molar refractivity (Wildman–Crippen MR) is 126 cm³/mol. The first kappa shape index (κ1) is 24.2. The molecule has 3 aromatic rings. The molecule has 0 aliphatic rings. The number of carbonyl (C=O) groups is 1. The SMILES string of the molecule is COc1ccccc1OCC(=O)N(CCN(C)C)c1nc2c(C)c(Cl)ccc2s1.Cl. The highest BCUT2D eigenvalue weighted by Gasteiger charge is 2.22. The van der Waals surface area contributed by atoms with Crippen molar-refractivity contribution in [1.29, 1.82) is 0 Å². The normalized spacial score (nSPS) is 10.7. The maximum atomic E-state index is 13.0. The van der Waals surface area contributed by atoms with E-state index in [4.69, 9.17) is 26.1 Å². The number of nitrogens with zero attached hydrogens (tertiary/aromatic N) is 3. The number of anilines is 1. The van der Waals surface area contributed by atoms with E-state index in [1.807, 2.05) is 50.2 Å². The Morgan fingerprint density at radius 3 is 2.50 bits per heavy atom. The summed E-state index contributed by atoms with van der Waals surface area (Å²) in [6.07, 6.45) is 0. The van der Waals surface area contributed by atoms with Crippen molar-refractivity contribution >= 4 is 56.6 Å². The van der Waals surface area contributed by atoms with Gasteiger partial charge >= 0.3 is 0 Å². The second-order valence-corrected chi connectivity index (χ2v) is 8.22. The molecule has 30 heavy (non-hydrogen) atoms. The van der Waals surface area contributed by atoms with Gasteiger partial charge in [0.15, 0.2) is 23.2 Å². The van der Waals surface area contributed by atoms with Crippen LogP contribution in [0.5, 0.6) is 11.5 Å². The Morgan fingerprint density at radius 2 is 1.83 bits per heavy atom. The van der Waals surface area contributed by atoms with Crippen molar-refractivity contribution in [3.8, 4) is 11.5 Å². The molecule has 0 unspecified atom stereocenters. The quantitative estimate of drug-likeness (QED) is 0.479. The van der Waals surface area contributed by atoms with Gasteiger partial charge in [-0.25, -0.2) is 4.98 Å². The van der Waals surface area contributed by atoms with Crippen LogP contribution in [0.3, 0.4) is 0 Å². The number of para-hydroxylation sites is 2. The summed E-state index contributed by atoms with van der Waals surface area (Å²) >= 11 is 7.71. The van der Waals surface area contributed by atoms with Crippen molar-refractivity contribution in [3.05, 3.63) is 47.0 Å². The number of fused-ring (bicyclic) bond motifs is 1. The van der Waals surface area contributed by atoms with Crippen LogP contribution < -0.4 is 14.4 Å². The van der Waals surface area contributed by atoms with Crippen LogP contribution in [-0.4, -0.2) is 56.7 Å². The number of hydrogen-bond acceptors (Lipinski definition) is 6. The maximum absolute atomic E-state index is 13.0. The highest BCUT2D eigenvalue weighted by molar-refractivity contribution is 7.22. The van der Waals surface area contributed by atoms with Crippen molar-refractivity contribution in [3.63, 3.8) is 0 Å². The lowest BCUT2D eigenvalue weighted by molar-refractivity contribution is -0.120. The zero-order valence-corrected chi connectivity index (χ0v) is 19.7. The Labute approximate surface area is 191 Å². The predicted octanol–water partition coefficient (Wildman–Crippen LogP) is 4.66. The molecule has 0 saturated heterocycles. The van der Waals surface area contributed by atoms with Crippen molar-refractivity contribution in [2.45, 2.75) is 6.92 Å². The lowest BCUT2D eigenvalue weighted by atomic mass is 10.2. The molecule has 1 heterocycles. The molecule has 0 aliphatic heterocycles. The minimum absolute atomic E-state index is 0. The van der Waals surface area contributed by atoms with E-state index in [1.54, 1.807) is 24.1 Å². The molecular formula is C21H25Cl2N3O3S. The molecular weight excluding hydrogens is 445 g/mol. The number of methoxy groups -OCH3 is 1. The Kier molecular flexibility index (Phi) is 8.73. The fraction of sp³-hybridized carbons (Fsp3) is 0.333. The van der Waals surface area contributed by atoms with Crippen LogP contribution in [0, 0.1) is 6.92 Å². The third kappa shape index (κ3) is 5.55. The first-order valence-electron chi connectivity index (χ1n) is 9.17. The first-order valence-corrected chi connectivity index (χ1v) is 10.4. The Morgan fingerprint density at radius 1 is 1.13 bits per heavy atom. The fourth-order valence-corrected chi connectivity index (χ4v) is 4.01. The van der Waals surface area contributed by atoms with E-state index in [1.165, 1.54) is 11.3 Å². The summed E-state index contributed by atoms with van der Waals surface area (Å²) in [5.74, 6) is 0.953. The van der Waals surface area contributed by atoms with E-state index in [-0.39, 0.29) is 24.9 Å². The van der Waals surface area contributed by atoms with E-state index < -0.39 is 0 Å². The van der Waals surface area contributed by atoms with Gasteiger partial charge < -0.3 is 14.4 Å². The van der Waals surface area contributed by atoms with Crippen LogP contribution in [0.1, 0.15) is 5.56 Å². The number of thiazole rings is 1. The first-order chi connectivity index (χ1) is 13.9. The van der Waals surface area contributed by atoms with Gasteiger partial charge in [-0.2, -0.15) is 0 Å². The summed E-state index contributed by atoms with van der Waals surface area (Å²) in [5, 5.41) is 1.31. The number of halogens is 2. The Bertz CT molecular complexity index is 1010. The van der Waals surface area contributed by atoms with Crippen LogP contribution in [-0.2, 0) is 4.79 Å². The number of hydrogen-bond donors (Lipinski definition) is 0. The molecule has 0 spiro atoms. The maximum Gasteiger partial charge on any atom is 0.266 e. The molecule has 162 valence electrons. The molecule has 2 aromatic carbocycles. The highest BCUT2D eigenvalue weighted by Crippen LogP contribution is 2.34. The number of ether oxygens (including phenoxy) is 2. The molecule has 0 aliphatic carbocycles.